The summed E-state index contributed by atoms with van der Waals surface area (Å²) < 4.78 is 9.10. The maximum Gasteiger partial charge on any atom is 0.145 e. The zero-order valence-electron chi connectivity index (χ0n) is 15.2. The number of aryl methyl sites for hydroxylation is 1. The van der Waals surface area contributed by atoms with Gasteiger partial charge in [-0.25, -0.2) is 4.98 Å². The normalized spacial score (nSPS) is 11.0. The molecule has 0 unspecified atom stereocenters. The van der Waals surface area contributed by atoms with Crippen molar-refractivity contribution in [1.29, 1.82) is 0 Å². The Bertz CT molecular complexity index is 936. The molecular formula is C20H21Cl2N3OS. The van der Waals surface area contributed by atoms with Crippen LogP contribution in [0.3, 0.4) is 0 Å². The van der Waals surface area contributed by atoms with E-state index in [-0.39, 0.29) is 0 Å². The van der Waals surface area contributed by atoms with Gasteiger partial charge in [-0.05, 0) is 43.0 Å². The van der Waals surface area contributed by atoms with Crippen molar-refractivity contribution in [2.75, 3.05) is 24.7 Å². The van der Waals surface area contributed by atoms with Crippen molar-refractivity contribution >= 4 is 51.7 Å². The number of aromatic nitrogens is 1. The third kappa shape index (κ3) is 5.20. The number of nitrogens with one attached hydrogen (secondary N) is 2. The number of anilines is 1. The minimum absolute atomic E-state index is 0.582. The molecule has 0 atom stereocenters. The summed E-state index contributed by atoms with van der Waals surface area (Å²) in [5.41, 5.74) is 3.76. The minimum Gasteiger partial charge on any atom is -0.490 e. The highest BCUT2D eigenvalue weighted by Crippen LogP contribution is 2.31. The number of halogens is 2. The number of benzene rings is 2. The molecule has 142 valence electrons. The van der Waals surface area contributed by atoms with Gasteiger partial charge in [0, 0.05) is 39.9 Å². The van der Waals surface area contributed by atoms with Crippen LogP contribution in [0.1, 0.15) is 11.3 Å². The molecule has 0 amide bonds. The van der Waals surface area contributed by atoms with Crippen LogP contribution in [-0.4, -0.2) is 24.4 Å². The van der Waals surface area contributed by atoms with E-state index < -0.39 is 0 Å². The second kappa shape index (κ2) is 9.51. The fraction of sp³-hybridized carbons (Fsp3) is 0.250. The number of fused-ring (bicyclic) bond motifs is 1. The molecule has 3 aromatic rings. The summed E-state index contributed by atoms with van der Waals surface area (Å²) in [6, 6.07) is 13.5. The van der Waals surface area contributed by atoms with E-state index in [0.29, 0.717) is 23.2 Å². The minimum atomic E-state index is 0.582. The lowest BCUT2D eigenvalue weighted by Crippen LogP contribution is -2.14. The Balaban J connectivity index is 1.84. The molecule has 1 aromatic heterocycles. The first-order chi connectivity index (χ1) is 13.1. The standard InChI is InChI=1S/C20H21Cl2N3OS/c1-13-10-18(23-12-14-6-7-15(21)11-17(14)22)16-4-3-5-19(20(16)25-13)26-9-8-24-27-2/h3-7,10-11,24H,8-9,12H2,1-2H3,(H,23,25). The van der Waals surface area contributed by atoms with Crippen LogP contribution in [0.4, 0.5) is 5.69 Å². The van der Waals surface area contributed by atoms with Crippen molar-refractivity contribution in [1.82, 2.24) is 9.71 Å². The molecule has 1 heterocycles. The second-order valence-corrected chi connectivity index (χ2v) is 7.54. The molecule has 0 radical (unpaired) electrons. The molecular weight excluding hydrogens is 401 g/mol. The van der Waals surface area contributed by atoms with Crippen LogP contribution in [0, 0.1) is 6.92 Å². The van der Waals surface area contributed by atoms with Crippen molar-refractivity contribution in [2.24, 2.45) is 0 Å². The highest BCUT2D eigenvalue weighted by Gasteiger charge is 2.10. The van der Waals surface area contributed by atoms with E-state index in [4.69, 9.17) is 27.9 Å². The van der Waals surface area contributed by atoms with Crippen LogP contribution in [0.25, 0.3) is 10.9 Å². The van der Waals surface area contributed by atoms with E-state index in [1.54, 1.807) is 18.0 Å². The molecule has 0 bridgehead atoms. The van der Waals surface area contributed by atoms with Crippen molar-refractivity contribution < 1.29 is 4.74 Å². The molecule has 0 aliphatic rings. The lowest BCUT2D eigenvalue weighted by atomic mass is 10.1. The molecule has 2 N–H and O–H groups in total. The van der Waals surface area contributed by atoms with Gasteiger partial charge in [0.25, 0.3) is 0 Å². The first kappa shape index (κ1) is 20.1. The van der Waals surface area contributed by atoms with Crippen LogP contribution in [0.5, 0.6) is 5.75 Å². The molecule has 0 saturated carbocycles. The second-order valence-electron chi connectivity index (χ2n) is 6.00. The van der Waals surface area contributed by atoms with E-state index in [1.165, 1.54) is 0 Å². The molecule has 0 spiro atoms. The van der Waals surface area contributed by atoms with Gasteiger partial charge >= 0.3 is 0 Å². The van der Waals surface area contributed by atoms with Gasteiger partial charge in [-0.2, -0.15) is 0 Å². The third-order valence-corrected chi connectivity index (χ3v) is 5.10. The molecule has 0 fully saturated rings. The van der Waals surface area contributed by atoms with Gasteiger partial charge in [-0.3, -0.25) is 4.72 Å². The number of hydrogen-bond acceptors (Lipinski definition) is 5. The molecule has 0 aliphatic carbocycles. The molecule has 7 heteroatoms. The molecule has 0 saturated heterocycles. The Morgan fingerprint density at radius 3 is 2.78 bits per heavy atom. The van der Waals surface area contributed by atoms with Crippen molar-refractivity contribution in [3.05, 3.63) is 63.8 Å². The lowest BCUT2D eigenvalue weighted by Gasteiger charge is -2.14. The van der Waals surface area contributed by atoms with Crippen molar-refractivity contribution in [2.45, 2.75) is 13.5 Å². The van der Waals surface area contributed by atoms with Gasteiger partial charge in [0.15, 0.2) is 0 Å². The quantitative estimate of drug-likeness (QED) is 0.360. The van der Waals surface area contributed by atoms with Crippen molar-refractivity contribution in [3.8, 4) is 5.75 Å². The maximum absolute atomic E-state index is 6.29. The number of para-hydroxylation sites is 1. The fourth-order valence-electron chi connectivity index (χ4n) is 2.77. The Hall–Kier alpha value is -1.66. The maximum atomic E-state index is 6.29. The lowest BCUT2D eigenvalue weighted by molar-refractivity contribution is 0.328. The highest BCUT2D eigenvalue weighted by molar-refractivity contribution is 7.96. The number of nitrogens with zero attached hydrogens (tertiary/aromatic N) is 1. The van der Waals surface area contributed by atoms with E-state index in [2.05, 4.69) is 15.0 Å². The van der Waals surface area contributed by atoms with Gasteiger partial charge < -0.3 is 10.1 Å². The summed E-state index contributed by atoms with van der Waals surface area (Å²) in [6.07, 6.45) is 1.99. The van der Waals surface area contributed by atoms with Crippen LogP contribution in [0.2, 0.25) is 10.0 Å². The molecule has 3 rings (SSSR count). The summed E-state index contributed by atoms with van der Waals surface area (Å²) in [5.74, 6) is 0.784. The SMILES string of the molecule is CSNCCOc1cccc2c(NCc3ccc(Cl)cc3Cl)cc(C)nc12. The number of pyridine rings is 1. The Kier molecular flexibility index (Phi) is 7.07. The summed E-state index contributed by atoms with van der Waals surface area (Å²) in [6.45, 7) is 3.92. The summed E-state index contributed by atoms with van der Waals surface area (Å²) >= 11 is 13.8. The van der Waals surface area contributed by atoms with Crippen LogP contribution in [0.15, 0.2) is 42.5 Å². The summed E-state index contributed by atoms with van der Waals surface area (Å²) in [7, 11) is 0. The topological polar surface area (TPSA) is 46.2 Å². The first-order valence-electron chi connectivity index (χ1n) is 8.55. The number of rotatable bonds is 8. The third-order valence-electron chi connectivity index (χ3n) is 4.02. The Morgan fingerprint density at radius 2 is 2.00 bits per heavy atom. The van der Waals surface area contributed by atoms with Crippen molar-refractivity contribution in [3.63, 3.8) is 0 Å². The molecule has 2 aromatic carbocycles. The monoisotopic (exact) mass is 421 g/mol. The zero-order chi connectivity index (χ0) is 19.2. The van der Waals surface area contributed by atoms with E-state index in [0.717, 1.165) is 40.1 Å². The predicted molar refractivity (Wildman–Crippen MR) is 117 cm³/mol. The van der Waals surface area contributed by atoms with Crippen LogP contribution in [-0.2, 0) is 6.54 Å². The summed E-state index contributed by atoms with van der Waals surface area (Å²) in [4.78, 5) is 4.69. The van der Waals surface area contributed by atoms with Gasteiger partial charge in [0.1, 0.15) is 17.9 Å². The Morgan fingerprint density at radius 1 is 1.15 bits per heavy atom. The smallest absolute Gasteiger partial charge is 0.145 e. The van der Waals surface area contributed by atoms with E-state index >= 15 is 0 Å². The fourth-order valence-corrected chi connectivity index (χ4v) is 3.54. The average Bonchev–Trinajstić information content (AvgIpc) is 2.64. The van der Waals surface area contributed by atoms with Gasteiger partial charge in [0.2, 0.25) is 0 Å². The largest absolute Gasteiger partial charge is 0.490 e. The number of hydrogen-bond donors (Lipinski definition) is 2. The molecule has 4 nitrogen and oxygen atoms in total. The van der Waals surface area contributed by atoms with Crippen LogP contribution < -0.4 is 14.8 Å². The molecule has 27 heavy (non-hydrogen) atoms. The molecule has 0 aliphatic heterocycles. The Labute approximate surface area is 173 Å². The zero-order valence-corrected chi connectivity index (χ0v) is 17.5. The summed E-state index contributed by atoms with van der Waals surface area (Å²) in [5, 5.41) is 5.76. The van der Waals surface area contributed by atoms with Gasteiger partial charge in [0.05, 0.1) is 0 Å². The van der Waals surface area contributed by atoms with E-state index in [9.17, 15) is 0 Å². The number of ether oxygens (including phenoxy) is 1. The van der Waals surface area contributed by atoms with Gasteiger partial charge in [-0.15, -0.1) is 0 Å². The predicted octanol–water partition coefficient (Wildman–Crippen LogP) is 5.71. The average molecular weight is 422 g/mol. The highest BCUT2D eigenvalue weighted by atomic mass is 35.5. The van der Waals surface area contributed by atoms with Crippen LogP contribution >= 0.6 is 35.1 Å². The first-order valence-corrected chi connectivity index (χ1v) is 10.5. The van der Waals surface area contributed by atoms with E-state index in [1.807, 2.05) is 49.6 Å². The van der Waals surface area contributed by atoms with Gasteiger partial charge in [-0.1, -0.05) is 53.3 Å².